The minimum Gasteiger partial charge on any atom is -0.503 e. The molecule has 0 atom stereocenters. The van der Waals surface area contributed by atoms with Crippen molar-refractivity contribution in [3.05, 3.63) is 51.8 Å². The predicted octanol–water partition coefficient (Wildman–Crippen LogP) is 4.27. The van der Waals surface area contributed by atoms with Gasteiger partial charge in [-0.1, -0.05) is 24.3 Å². The van der Waals surface area contributed by atoms with Crippen molar-refractivity contribution in [3.8, 4) is 5.88 Å². The number of aromatic nitrogens is 2. The lowest BCUT2D eigenvalue weighted by Crippen LogP contribution is -2.33. The molecule has 12 heteroatoms. The van der Waals surface area contributed by atoms with Crippen LogP contribution in [0.2, 0.25) is 0 Å². The molecule has 8 nitrogen and oxygen atoms in total. The van der Waals surface area contributed by atoms with E-state index in [2.05, 4.69) is 21.0 Å². The second kappa shape index (κ2) is 11.9. The smallest absolute Gasteiger partial charge is 0.424 e. The number of likely N-dealkylation sites (N-methyl/N-ethyl adjacent to an activating group) is 1. The van der Waals surface area contributed by atoms with Gasteiger partial charge in [-0.2, -0.15) is 13.2 Å². The maximum absolute atomic E-state index is 13.8. The molecule has 1 aromatic heterocycles. The van der Waals surface area contributed by atoms with E-state index in [1.54, 1.807) is 38.1 Å². The zero-order valence-electron chi connectivity index (χ0n) is 19.1. The minimum atomic E-state index is -4.79. The first kappa shape index (κ1) is 27.2. The molecule has 1 aromatic carbocycles. The van der Waals surface area contributed by atoms with E-state index in [4.69, 9.17) is 14.2 Å². The first-order chi connectivity index (χ1) is 16.1. The average Bonchev–Trinajstić information content (AvgIpc) is 3.11. The molecule has 0 radical (unpaired) electrons. The van der Waals surface area contributed by atoms with Crippen molar-refractivity contribution in [2.24, 2.45) is 0 Å². The van der Waals surface area contributed by atoms with Gasteiger partial charge in [0, 0.05) is 13.1 Å². The zero-order chi connectivity index (χ0) is 25.5. The Labute approximate surface area is 203 Å². The number of esters is 1. The molecule has 2 aromatic rings. The Balaban J connectivity index is 2.41. The van der Waals surface area contributed by atoms with Gasteiger partial charge in [-0.3, -0.25) is 4.79 Å². The van der Waals surface area contributed by atoms with Crippen LogP contribution >= 0.6 is 15.9 Å². The lowest BCUT2D eigenvalue weighted by atomic mass is 10.0. The standard InChI is InChI=1S/C22H25BrF3N3O5/c1-5-28(6-2)17(30)11-29-19(23)18(22(24,25)26)20(27-29)34-12-14-9-7-8-10-15(14)16(13-32-3)21(31)33-4/h7-10,13H,5-6,11-12H2,1-4H3/b16-13+. The topological polar surface area (TPSA) is 82.9 Å². The number of methoxy groups -OCH3 is 2. The Kier molecular flexibility index (Phi) is 9.54. The van der Waals surface area contributed by atoms with E-state index in [0.29, 0.717) is 24.2 Å². The van der Waals surface area contributed by atoms with E-state index in [-0.39, 0.29) is 18.1 Å². The number of hydrogen-bond acceptors (Lipinski definition) is 6. The molecule has 0 aliphatic heterocycles. The number of ether oxygens (including phenoxy) is 3. The molecule has 0 saturated heterocycles. The summed E-state index contributed by atoms with van der Waals surface area (Å²) in [6.07, 6.45) is -3.62. The number of carbonyl (C=O) groups excluding carboxylic acids is 2. The summed E-state index contributed by atoms with van der Waals surface area (Å²) in [5, 5.41) is 3.89. The maximum atomic E-state index is 13.8. The Morgan fingerprint density at radius 1 is 1.18 bits per heavy atom. The molecule has 0 unspecified atom stereocenters. The molecule has 186 valence electrons. The fraction of sp³-hybridized carbons (Fsp3) is 0.409. The highest BCUT2D eigenvalue weighted by atomic mass is 79.9. The fourth-order valence-corrected chi connectivity index (χ4v) is 3.77. The van der Waals surface area contributed by atoms with E-state index in [1.165, 1.54) is 25.4 Å². The molecule has 34 heavy (non-hydrogen) atoms. The van der Waals surface area contributed by atoms with Crippen molar-refractivity contribution in [2.45, 2.75) is 33.2 Å². The van der Waals surface area contributed by atoms with Crippen molar-refractivity contribution in [1.82, 2.24) is 14.7 Å². The van der Waals surface area contributed by atoms with Crippen LogP contribution in [0.25, 0.3) is 5.57 Å². The summed E-state index contributed by atoms with van der Waals surface area (Å²) in [6, 6.07) is 6.47. The van der Waals surface area contributed by atoms with Crippen molar-refractivity contribution < 1.29 is 37.0 Å². The number of amides is 1. The molecule has 0 fully saturated rings. The van der Waals surface area contributed by atoms with Crippen LogP contribution in [0.4, 0.5) is 13.2 Å². The Morgan fingerprint density at radius 2 is 1.82 bits per heavy atom. The molecule has 1 heterocycles. The Hall–Kier alpha value is -3.02. The number of alkyl halides is 3. The monoisotopic (exact) mass is 547 g/mol. The quantitative estimate of drug-likeness (QED) is 0.251. The highest BCUT2D eigenvalue weighted by Crippen LogP contribution is 2.41. The molecule has 2 rings (SSSR count). The second-order valence-electron chi connectivity index (χ2n) is 6.90. The molecule has 0 aliphatic carbocycles. The minimum absolute atomic E-state index is 0.0665. The number of carbonyl (C=O) groups is 2. The van der Waals surface area contributed by atoms with Crippen LogP contribution in [0.1, 0.15) is 30.5 Å². The van der Waals surface area contributed by atoms with Crippen LogP contribution in [-0.4, -0.2) is 53.9 Å². The molecular formula is C22H25BrF3N3O5. The lowest BCUT2D eigenvalue weighted by molar-refractivity contribution is -0.140. The molecule has 0 N–H and O–H groups in total. The van der Waals surface area contributed by atoms with Gasteiger partial charge in [0.15, 0.2) is 5.56 Å². The van der Waals surface area contributed by atoms with Crippen molar-refractivity contribution >= 4 is 33.4 Å². The summed E-state index contributed by atoms with van der Waals surface area (Å²) in [4.78, 5) is 26.0. The number of nitrogens with zero attached hydrogens (tertiary/aromatic N) is 3. The van der Waals surface area contributed by atoms with Crippen molar-refractivity contribution in [2.75, 3.05) is 27.3 Å². The molecule has 0 spiro atoms. The van der Waals surface area contributed by atoms with E-state index in [9.17, 15) is 22.8 Å². The molecule has 0 bridgehead atoms. The van der Waals surface area contributed by atoms with Crippen LogP contribution in [0.5, 0.6) is 5.88 Å². The normalized spacial score (nSPS) is 11.8. The number of benzene rings is 1. The average molecular weight is 548 g/mol. The second-order valence-corrected chi connectivity index (χ2v) is 7.65. The highest BCUT2D eigenvalue weighted by Gasteiger charge is 2.41. The SMILES string of the molecule is CCN(CC)C(=O)Cn1nc(OCc2ccccc2/C(=C\OC)C(=O)OC)c(C(F)(F)F)c1Br. The van der Waals surface area contributed by atoms with Crippen LogP contribution < -0.4 is 4.74 Å². The number of halogens is 4. The predicted molar refractivity (Wildman–Crippen MR) is 121 cm³/mol. The van der Waals surface area contributed by atoms with Gasteiger partial charge < -0.3 is 19.1 Å². The first-order valence-electron chi connectivity index (χ1n) is 10.2. The van der Waals surface area contributed by atoms with Gasteiger partial charge in [-0.25, -0.2) is 9.48 Å². The third-order valence-corrected chi connectivity index (χ3v) is 5.66. The van der Waals surface area contributed by atoms with Crippen LogP contribution in [0, 0.1) is 0 Å². The largest absolute Gasteiger partial charge is 0.503 e. The number of rotatable bonds is 10. The van der Waals surface area contributed by atoms with Gasteiger partial charge in [0.2, 0.25) is 11.8 Å². The van der Waals surface area contributed by atoms with E-state index >= 15 is 0 Å². The van der Waals surface area contributed by atoms with Gasteiger partial charge in [0.25, 0.3) is 0 Å². The third-order valence-electron chi connectivity index (χ3n) is 4.86. The first-order valence-corrected chi connectivity index (χ1v) is 11.0. The highest BCUT2D eigenvalue weighted by molar-refractivity contribution is 9.10. The maximum Gasteiger partial charge on any atom is 0.424 e. The lowest BCUT2D eigenvalue weighted by Gasteiger charge is -2.18. The molecule has 1 amide bonds. The molecule has 0 saturated carbocycles. The summed E-state index contributed by atoms with van der Waals surface area (Å²) < 4.78 is 57.0. The van der Waals surface area contributed by atoms with E-state index in [0.717, 1.165) is 4.68 Å². The van der Waals surface area contributed by atoms with E-state index in [1.807, 2.05) is 0 Å². The van der Waals surface area contributed by atoms with Gasteiger partial charge in [-0.15, -0.1) is 5.10 Å². The summed E-state index contributed by atoms with van der Waals surface area (Å²) in [6.45, 7) is 3.63. The Morgan fingerprint density at radius 3 is 2.38 bits per heavy atom. The molecule has 0 aliphatic rings. The van der Waals surface area contributed by atoms with Crippen molar-refractivity contribution in [3.63, 3.8) is 0 Å². The van der Waals surface area contributed by atoms with Gasteiger partial charge in [0.1, 0.15) is 23.3 Å². The van der Waals surface area contributed by atoms with Crippen LogP contribution in [0.15, 0.2) is 35.1 Å². The van der Waals surface area contributed by atoms with Gasteiger partial charge >= 0.3 is 12.1 Å². The zero-order valence-corrected chi connectivity index (χ0v) is 20.7. The van der Waals surface area contributed by atoms with Crippen LogP contribution in [0.3, 0.4) is 0 Å². The molecular weight excluding hydrogens is 523 g/mol. The number of hydrogen-bond donors (Lipinski definition) is 0. The summed E-state index contributed by atoms with van der Waals surface area (Å²) in [7, 11) is 2.55. The summed E-state index contributed by atoms with van der Waals surface area (Å²) >= 11 is 2.92. The van der Waals surface area contributed by atoms with Crippen LogP contribution in [-0.2, 0) is 38.4 Å². The third kappa shape index (κ3) is 6.31. The summed E-state index contributed by atoms with van der Waals surface area (Å²) in [5.74, 6) is -1.77. The van der Waals surface area contributed by atoms with E-state index < -0.39 is 34.7 Å². The van der Waals surface area contributed by atoms with Gasteiger partial charge in [0.05, 0.1) is 20.5 Å². The van der Waals surface area contributed by atoms with Gasteiger partial charge in [-0.05, 0) is 40.9 Å². The fourth-order valence-electron chi connectivity index (χ4n) is 3.17. The Bertz CT molecular complexity index is 1050. The van der Waals surface area contributed by atoms with Crippen molar-refractivity contribution in [1.29, 1.82) is 0 Å². The summed E-state index contributed by atoms with van der Waals surface area (Å²) in [5.41, 5.74) is -0.316.